The number of rotatable bonds is 8. The molecule has 11 aromatic carbocycles. The zero-order chi connectivity index (χ0) is 46.2. The van der Waals surface area contributed by atoms with Gasteiger partial charge in [0, 0.05) is 49.4 Å². The van der Waals surface area contributed by atoms with Crippen LogP contribution < -0.4 is 20.7 Å². The van der Waals surface area contributed by atoms with Gasteiger partial charge in [-0.1, -0.05) is 206 Å². The summed E-state index contributed by atoms with van der Waals surface area (Å²) in [6, 6.07) is 101. The molecule has 14 aromatic rings. The number of aromatic nitrogens is 3. The predicted molar refractivity (Wildman–Crippen MR) is 299 cm³/mol. The molecular weight excluding hydrogens is 863 g/mol. The smallest absolute Gasteiger partial charge is 0.180 e. The third-order valence-electron chi connectivity index (χ3n) is 14.8. The minimum Gasteiger partial charge on any atom is -0.309 e. The maximum Gasteiger partial charge on any atom is 0.180 e. The molecule has 0 N–H and O–H groups in total. The van der Waals surface area contributed by atoms with E-state index in [0.717, 1.165) is 17.1 Å². The molecule has 0 bridgehead atoms. The van der Waals surface area contributed by atoms with Gasteiger partial charge in [-0.25, -0.2) is 0 Å². The van der Waals surface area contributed by atoms with Gasteiger partial charge >= 0.3 is 0 Å². The van der Waals surface area contributed by atoms with E-state index in [1.165, 1.54) is 97.3 Å². The van der Waals surface area contributed by atoms with E-state index in [9.17, 15) is 0 Å². The van der Waals surface area contributed by atoms with Crippen molar-refractivity contribution in [2.75, 3.05) is 0 Å². The Morgan fingerprint density at radius 3 is 1.33 bits per heavy atom. The molecular formula is C66H45N3Si. The second-order valence-corrected chi connectivity index (χ2v) is 22.2. The summed E-state index contributed by atoms with van der Waals surface area (Å²) in [5.41, 5.74) is 13.0. The summed E-state index contributed by atoms with van der Waals surface area (Å²) in [5, 5.41) is 12.9. The highest BCUT2D eigenvalue weighted by Gasteiger charge is 2.43. The van der Waals surface area contributed by atoms with E-state index in [4.69, 9.17) is 0 Å². The van der Waals surface area contributed by atoms with Crippen molar-refractivity contribution in [1.29, 1.82) is 0 Å². The van der Waals surface area contributed by atoms with Gasteiger partial charge in [0.25, 0.3) is 0 Å². The van der Waals surface area contributed by atoms with E-state index in [2.05, 4.69) is 287 Å². The molecule has 3 nitrogen and oxygen atoms in total. The zero-order valence-electron chi connectivity index (χ0n) is 38.3. The van der Waals surface area contributed by atoms with Gasteiger partial charge in [0.2, 0.25) is 0 Å². The number of hydrogen-bond donors (Lipinski definition) is 0. The van der Waals surface area contributed by atoms with Crippen molar-refractivity contribution in [3.63, 3.8) is 0 Å². The average Bonchev–Trinajstić information content (AvgIpc) is 4.08. The standard InChI is InChI=1S/C66H45N3Si/c1-5-20-46(21-6-1)47-36-38-49(39-37-47)68-59-31-16-13-28-54(59)56-42-40-50(44-64(56)68)69-61-33-18-15-30-57(61)66-63(69)34-19-35-65(66)70(51-24-9-3-10-25-51,52-26-11-4-12-27-52)53-41-43-62-58(45-53)55-29-14-17-32-60(55)67(62)48-22-7-2-8-23-48/h1-45H. The topological polar surface area (TPSA) is 14.8 Å². The van der Waals surface area contributed by atoms with Crippen LogP contribution in [0.2, 0.25) is 0 Å². The summed E-state index contributed by atoms with van der Waals surface area (Å²) in [6.07, 6.45) is 0. The summed E-state index contributed by atoms with van der Waals surface area (Å²) in [5.74, 6) is 0. The summed E-state index contributed by atoms with van der Waals surface area (Å²) in [6.45, 7) is 0. The van der Waals surface area contributed by atoms with Crippen LogP contribution in [0.1, 0.15) is 0 Å². The maximum atomic E-state index is 2.54. The molecule has 0 aliphatic rings. The first-order chi connectivity index (χ1) is 34.8. The molecule has 0 aliphatic heterocycles. The van der Waals surface area contributed by atoms with Crippen LogP contribution in [-0.4, -0.2) is 21.8 Å². The molecule has 3 heterocycles. The molecule has 4 heteroatoms. The lowest BCUT2D eigenvalue weighted by atomic mass is 10.1. The van der Waals surface area contributed by atoms with Crippen LogP contribution in [-0.2, 0) is 0 Å². The van der Waals surface area contributed by atoms with Gasteiger partial charge in [0.1, 0.15) is 0 Å². The first kappa shape index (κ1) is 40.1. The van der Waals surface area contributed by atoms with Gasteiger partial charge in [-0.2, -0.15) is 0 Å². The summed E-state index contributed by atoms with van der Waals surface area (Å²) < 4.78 is 7.38. The molecule has 70 heavy (non-hydrogen) atoms. The maximum absolute atomic E-state index is 3.12. The summed E-state index contributed by atoms with van der Waals surface area (Å²) >= 11 is 0. The predicted octanol–water partition coefficient (Wildman–Crippen LogP) is 14.0. The van der Waals surface area contributed by atoms with Crippen molar-refractivity contribution in [3.8, 4) is 28.2 Å². The number of para-hydroxylation sites is 4. The molecule has 0 aliphatic carbocycles. The number of hydrogen-bond acceptors (Lipinski definition) is 0. The number of fused-ring (bicyclic) bond motifs is 9. The Labute approximate surface area is 407 Å². The normalized spacial score (nSPS) is 12.0. The quantitative estimate of drug-likeness (QED) is 0.107. The Kier molecular flexibility index (Phi) is 9.23. The van der Waals surface area contributed by atoms with Gasteiger partial charge in [-0.15, -0.1) is 0 Å². The van der Waals surface area contributed by atoms with Gasteiger partial charge < -0.3 is 13.7 Å². The van der Waals surface area contributed by atoms with Crippen molar-refractivity contribution >= 4 is 94.2 Å². The first-order valence-electron chi connectivity index (χ1n) is 24.2. The Morgan fingerprint density at radius 1 is 0.229 bits per heavy atom. The van der Waals surface area contributed by atoms with Crippen LogP contribution in [0.25, 0.3) is 93.6 Å². The van der Waals surface area contributed by atoms with Crippen molar-refractivity contribution in [1.82, 2.24) is 13.7 Å². The highest BCUT2D eigenvalue weighted by Crippen LogP contribution is 2.38. The first-order valence-corrected chi connectivity index (χ1v) is 26.2. The highest BCUT2D eigenvalue weighted by molar-refractivity contribution is 7.21. The summed E-state index contributed by atoms with van der Waals surface area (Å²) in [4.78, 5) is 0. The Bertz CT molecular complexity index is 4220. The van der Waals surface area contributed by atoms with E-state index in [1.54, 1.807) is 0 Å². The largest absolute Gasteiger partial charge is 0.309 e. The van der Waals surface area contributed by atoms with Crippen molar-refractivity contribution in [2.24, 2.45) is 0 Å². The second-order valence-electron chi connectivity index (χ2n) is 18.4. The number of benzene rings is 11. The molecule has 0 unspecified atom stereocenters. The van der Waals surface area contributed by atoms with Crippen molar-refractivity contribution < 1.29 is 0 Å². The summed E-state index contributed by atoms with van der Waals surface area (Å²) in [7, 11) is -3.12. The molecule has 14 rings (SSSR count). The van der Waals surface area contributed by atoms with Gasteiger partial charge in [-0.3, -0.25) is 0 Å². The molecule has 0 amide bonds. The zero-order valence-corrected chi connectivity index (χ0v) is 39.3. The minimum atomic E-state index is -3.12. The Morgan fingerprint density at radius 2 is 0.671 bits per heavy atom. The average molecular weight is 908 g/mol. The van der Waals surface area contributed by atoms with E-state index in [-0.39, 0.29) is 0 Å². The SMILES string of the molecule is c1ccc(-c2ccc(-n3c4ccccc4c4ccc(-n5c6ccccc6c6c([Si](c7ccccc7)(c7ccccc7)c7ccc8c(c7)c7ccccc7n8-c7ccccc7)cccc65)cc43)cc2)cc1. The fourth-order valence-corrected chi connectivity index (χ4v) is 16.8. The van der Waals surface area contributed by atoms with E-state index >= 15 is 0 Å². The lowest BCUT2D eigenvalue weighted by molar-refractivity contribution is 1.15. The molecule has 0 radical (unpaired) electrons. The van der Waals surface area contributed by atoms with Crippen LogP contribution in [0.4, 0.5) is 0 Å². The molecule has 328 valence electrons. The lowest BCUT2D eigenvalue weighted by Gasteiger charge is -2.35. The number of nitrogens with zero attached hydrogens (tertiary/aromatic N) is 3. The van der Waals surface area contributed by atoms with Crippen molar-refractivity contribution in [3.05, 3.63) is 273 Å². The highest BCUT2D eigenvalue weighted by atomic mass is 28.3. The fraction of sp³-hybridized carbons (Fsp3) is 0. The lowest BCUT2D eigenvalue weighted by Crippen LogP contribution is -2.74. The Hall–Kier alpha value is -8.96. The third kappa shape index (κ3) is 6.00. The third-order valence-corrected chi connectivity index (χ3v) is 19.6. The molecule has 0 saturated heterocycles. The molecule has 0 spiro atoms. The fourth-order valence-electron chi connectivity index (χ4n) is 11.8. The van der Waals surface area contributed by atoms with Gasteiger partial charge in [0.15, 0.2) is 8.07 Å². The van der Waals surface area contributed by atoms with Crippen LogP contribution in [0.5, 0.6) is 0 Å². The van der Waals surface area contributed by atoms with Crippen LogP contribution in [0.3, 0.4) is 0 Å². The van der Waals surface area contributed by atoms with Crippen LogP contribution in [0, 0.1) is 0 Å². The van der Waals surface area contributed by atoms with Gasteiger partial charge in [-0.05, 0) is 98.6 Å². The Balaban J connectivity index is 1.05. The van der Waals surface area contributed by atoms with E-state index in [1.807, 2.05) is 0 Å². The monoisotopic (exact) mass is 907 g/mol. The molecule has 0 fully saturated rings. The molecule has 0 atom stereocenters. The minimum absolute atomic E-state index is 1.13. The van der Waals surface area contributed by atoms with E-state index in [0.29, 0.717) is 0 Å². The van der Waals surface area contributed by atoms with Crippen LogP contribution >= 0.6 is 0 Å². The van der Waals surface area contributed by atoms with E-state index < -0.39 is 8.07 Å². The molecule has 0 saturated carbocycles. The van der Waals surface area contributed by atoms with Crippen molar-refractivity contribution in [2.45, 2.75) is 0 Å². The molecule has 3 aromatic heterocycles. The second kappa shape index (κ2) is 16.1. The van der Waals surface area contributed by atoms with Gasteiger partial charge in [0.05, 0.1) is 33.1 Å². The van der Waals surface area contributed by atoms with Crippen LogP contribution in [0.15, 0.2) is 273 Å².